The number of ether oxygens (including phenoxy) is 4. The number of hydrogen-bond donors (Lipinski definition) is 0. The van der Waals surface area contributed by atoms with Crippen LogP contribution in [0.15, 0.2) is 30.6 Å². The summed E-state index contributed by atoms with van der Waals surface area (Å²) >= 11 is 0. The third-order valence-corrected chi connectivity index (χ3v) is 7.56. The minimum absolute atomic E-state index is 0. The van der Waals surface area contributed by atoms with Crippen LogP contribution in [0.5, 0.6) is 0 Å². The average molecular weight is 542 g/mol. The SMILES string of the molecule is CCCCCCCCCC(CCOCOC(C)COCCOCC[n+]1ccccc1)C1CCCCC1.[Cl-]. The molecule has 1 aromatic heterocycles. The summed E-state index contributed by atoms with van der Waals surface area (Å²) in [5.41, 5.74) is 0. The largest absolute Gasteiger partial charge is 1.00 e. The summed E-state index contributed by atoms with van der Waals surface area (Å²) in [4.78, 5) is 0. The summed E-state index contributed by atoms with van der Waals surface area (Å²) in [7, 11) is 0. The number of pyridine rings is 1. The quantitative estimate of drug-likeness (QED) is 0.119. The summed E-state index contributed by atoms with van der Waals surface area (Å²) < 4.78 is 25.2. The van der Waals surface area contributed by atoms with E-state index in [1.807, 2.05) is 37.5 Å². The van der Waals surface area contributed by atoms with Gasteiger partial charge in [0.2, 0.25) is 0 Å². The molecule has 0 saturated heterocycles. The van der Waals surface area contributed by atoms with E-state index in [9.17, 15) is 0 Å². The fourth-order valence-electron chi connectivity index (χ4n) is 5.31. The Labute approximate surface area is 234 Å². The molecule has 1 fully saturated rings. The summed E-state index contributed by atoms with van der Waals surface area (Å²) in [5.74, 6) is 1.76. The Morgan fingerprint density at radius 1 is 0.757 bits per heavy atom. The summed E-state index contributed by atoms with van der Waals surface area (Å²) in [6, 6.07) is 6.08. The smallest absolute Gasteiger partial charge is 0.171 e. The Balaban J connectivity index is 0.00000684. The second-order valence-corrected chi connectivity index (χ2v) is 10.7. The molecule has 1 aliphatic carbocycles. The fraction of sp³-hybridized carbons (Fsp3) is 0.839. The van der Waals surface area contributed by atoms with Crippen LogP contribution >= 0.6 is 0 Å². The average Bonchev–Trinajstić information content (AvgIpc) is 2.91. The fourth-order valence-corrected chi connectivity index (χ4v) is 5.31. The molecule has 0 amide bonds. The zero-order valence-corrected chi connectivity index (χ0v) is 24.7. The van der Waals surface area contributed by atoms with Crippen LogP contribution in [0, 0.1) is 11.8 Å². The molecule has 2 atom stereocenters. The molecule has 0 radical (unpaired) electrons. The van der Waals surface area contributed by atoms with Gasteiger partial charge in [0, 0.05) is 18.7 Å². The lowest BCUT2D eigenvalue weighted by molar-refractivity contribution is -0.698. The number of nitrogens with zero attached hydrogens (tertiary/aromatic N) is 1. The molecule has 1 aromatic rings. The number of halogens is 1. The van der Waals surface area contributed by atoms with Crippen molar-refractivity contribution < 1.29 is 35.9 Å². The van der Waals surface area contributed by atoms with Gasteiger partial charge in [-0.1, -0.05) is 96.5 Å². The van der Waals surface area contributed by atoms with E-state index >= 15 is 0 Å². The third kappa shape index (κ3) is 18.2. The van der Waals surface area contributed by atoms with Crippen LogP contribution in [-0.4, -0.2) is 45.9 Å². The maximum absolute atomic E-state index is 5.89. The van der Waals surface area contributed by atoms with Crippen LogP contribution in [0.25, 0.3) is 0 Å². The van der Waals surface area contributed by atoms with E-state index in [0.29, 0.717) is 33.2 Å². The Kier molecular flexibility index (Phi) is 22.6. The van der Waals surface area contributed by atoms with Gasteiger partial charge in [0.25, 0.3) is 0 Å². The normalized spacial score (nSPS) is 15.8. The highest BCUT2D eigenvalue weighted by molar-refractivity contribution is 4.83. The summed E-state index contributed by atoms with van der Waals surface area (Å²) in [6.45, 7) is 8.85. The summed E-state index contributed by atoms with van der Waals surface area (Å²) in [6.07, 6.45) is 23.7. The predicted molar refractivity (Wildman–Crippen MR) is 147 cm³/mol. The molecule has 37 heavy (non-hydrogen) atoms. The van der Waals surface area contributed by atoms with Crippen LogP contribution in [-0.2, 0) is 25.5 Å². The van der Waals surface area contributed by atoms with Gasteiger partial charge < -0.3 is 31.4 Å². The zero-order valence-electron chi connectivity index (χ0n) is 23.9. The van der Waals surface area contributed by atoms with E-state index in [1.165, 1.54) is 89.9 Å². The van der Waals surface area contributed by atoms with Crippen molar-refractivity contribution in [2.75, 3.05) is 39.8 Å². The zero-order chi connectivity index (χ0) is 25.5. The van der Waals surface area contributed by atoms with E-state index in [0.717, 1.165) is 25.0 Å². The van der Waals surface area contributed by atoms with Gasteiger partial charge >= 0.3 is 0 Å². The first-order chi connectivity index (χ1) is 17.8. The molecule has 0 N–H and O–H groups in total. The number of unbranched alkanes of at least 4 members (excludes halogenated alkanes) is 6. The van der Waals surface area contributed by atoms with Crippen molar-refractivity contribution in [3.05, 3.63) is 30.6 Å². The van der Waals surface area contributed by atoms with Crippen molar-refractivity contribution in [1.29, 1.82) is 0 Å². The lowest BCUT2D eigenvalue weighted by atomic mass is 9.76. The standard InChI is InChI=1S/C31H56NO4.ClH/c1-3-4-5-6-7-8-11-18-31(30-16-12-9-13-17-30)19-23-35-28-36-29(2)27-34-26-25-33-24-22-32-20-14-10-15-21-32;/h10,14-15,20-21,29-31H,3-9,11-13,16-19,22-28H2,1-2H3;1H/q+1;/p-1. The molecule has 0 aromatic carbocycles. The Morgan fingerprint density at radius 3 is 2.22 bits per heavy atom. The lowest BCUT2D eigenvalue weighted by Crippen LogP contribution is -3.00. The predicted octanol–water partition coefficient (Wildman–Crippen LogP) is 4.12. The van der Waals surface area contributed by atoms with Crippen LogP contribution < -0.4 is 17.0 Å². The van der Waals surface area contributed by atoms with Gasteiger partial charge in [-0.2, -0.15) is 0 Å². The Morgan fingerprint density at radius 2 is 1.46 bits per heavy atom. The van der Waals surface area contributed by atoms with Crippen LogP contribution in [0.4, 0.5) is 0 Å². The first kappa shape index (κ1) is 34.3. The van der Waals surface area contributed by atoms with Crippen molar-refractivity contribution in [3.8, 4) is 0 Å². The number of rotatable bonds is 23. The molecule has 1 aliphatic rings. The van der Waals surface area contributed by atoms with Crippen LogP contribution in [0.2, 0.25) is 0 Å². The second-order valence-electron chi connectivity index (χ2n) is 10.7. The Hall–Kier alpha value is -0.720. The number of hydrogen-bond acceptors (Lipinski definition) is 4. The minimum atomic E-state index is 0. The highest BCUT2D eigenvalue weighted by atomic mass is 35.5. The second kappa shape index (κ2) is 24.3. The molecular formula is C31H56ClNO4. The highest BCUT2D eigenvalue weighted by Gasteiger charge is 2.23. The van der Waals surface area contributed by atoms with Gasteiger partial charge in [0.15, 0.2) is 18.9 Å². The maximum Gasteiger partial charge on any atom is 0.171 e. The van der Waals surface area contributed by atoms with Crippen molar-refractivity contribution in [1.82, 2.24) is 0 Å². The van der Waals surface area contributed by atoms with Gasteiger partial charge in [0.05, 0.1) is 25.9 Å². The van der Waals surface area contributed by atoms with Gasteiger partial charge in [-0.15, -0.1) is 0 Å². The Bertz CT molecular complexity index is 600. The van der Waals surface area contributed by atoms with Crippen molar-refractivity contribution in [2.45, 2.75) is 116 Å². The summed E-state index contributed by atoms with van der Waals surface area (Å²) in [5, 5.41) is 0. The van der Waals surface area contributed by atoms with E-state index in [-0.39, 0.29) is 18.5 Å². The third-order valence-electron chi connectivity index (χ3n) is 7.56. The molecular weight excluding hydrogens is 486 g/mol. The molecule has 5 nitrogen and oxygen atoms in total. The molecule has 2 unspecified atom stereocenters. The van der Waals surface area contributed by atoms with E-state index in [2.05, 4.69) is 11.5 Å². The molecule has 6 heteroatoms. The first-order valence-corrected chi connectivity index (χ1v) is 15.1. The lowest BCUT2D eigenvalue weighted by Gasteiger charge is -2.30. The van der Waals surface area contributed by atoms with Crippen molar-refractivity contribution in [3.63, 3.8) is 0 Å². The van der Waals surface area contributed by atoms with Crippen LogP contribution in [0.3, 0.4) is 0 Å². The van der Waals surface area contributed by atoms with Gasteiger partial charge in [-0.25, -0.2) is 4.57 Å². The minimum Gasteiger partial charge on any atom is -1.00 e. The monoisotopic (exact) mass is 541 g/mol. The topological polar surface area (TPSA) is 40.8 Å². The van der Waals surface area contributed by atoms with E-state index < -0.39 is 0 Å². The molecule has 216 valence electrons. The van der Waals surface area contributed by atoms with Gasteiger partial charge in [-0.3, -0.25) is 0 Å². The maximum atomic E-state index is 5.89. The van der Waals surface area contributed by atoms with Gasteiger partial charge in [0.1, 0.15) is 13.4 Å². The molecule has 0 spiro atoms. The van der Waals surface area contributed by atoms with Crippen LogP contribution in [0.1, 0.15) is 104 Å². The number of aromatic nitrogens is 1. The molecule has 0 bridgehead atoms. The van der Waals surface area contributed by atoms with Gasteiger partial charge in [-0.05, 0) is 25.2 Å². The van der Waals surface area contributed by atoms with E-state index in [1.54, 1.807) is 0 Å². The molecule has 1 saturated carbocycles. The van der Waals surface area contributed by atoms with Crippen molar-refractivity contribution >= 4 is 0 Å². The molecule has 0 aliphatic heterocycles. The highest BCUT2D eigenvalue weighted by Crippen LogP contribution is 2.34. The molecule has 1 heterocycles. The van der Waals surface area contributed by atoms with Crippen molar-refractivity contribution in [2.24, 2.45) is 11.8 Å². The molecule has 2 rings (SSSR count). The van der Waals surface area contributed by atoms with E-state index in [4.69, 9.17) is 18.9 Å². The first-order valence-electron chi connectivity index (χ1n) is 15.1.